The Morgan fingerprint density at radius 3 is 2.43 bits per heavy atom. The van der Waals surface area contributed by atoms with Crippen molar-refractivity contribution in [3.8, 4) is 5.75 Å². The van der Waals surface area contributed by atoms with Crippen molar-refractivity contribution >= 4 is 5.97 Å². The van der Waals surface area contributed by atoms with Crippen molar-refractivity contribution in [3.63, 3.8) is 0 Å². The van der Waals surface area contributed by atoms with Gasteiger partial charge in [0.15, 0.2) is 0 Å². The minimum atomic E-state index is -0.781. The Hall–Kier alpha value is -2.29. The Morgan fingerprint density at radius 2 is 1.74 bits per heavy atom. The molecule has 0 aromatic heterocycles. The maximum atomic E-state index is 11.7. The number of carboxylic acid groups (broad SMARTS) is 1. The zero-order chi connectivity index (χ0) is 16.5. The van der Waals surface area contributed by atoms with Crippen LogP contribution in [0.5, 0.6) is 5.75 Å². The molecule has 0 spiro atoms. The molecule has 1 N–H and O–H groups in total. The zero-order valence-corrected chi connectivity index (χ0v) is 13.6. The third-order valence-electron chi connectivity index (χ3n) is 3.93. The van der Waals surface area contributed by atoms with Gasteiger partial charge in [0, 0.05) is 5.56 Å². The SMILES string of the molecule is CCCCCC(C(=O)O)c1ccccc1OCc1ccccc1. The van der Waals surface area contributed by atoms with Gasteiger partial charge in [-0.1, -0.05) is 74.7 Å². The van der Waals surface area contributed by atoms with Crippen LogP contribution in [0.3, 0.4) is 0 Å². The fourth-order valence-corrected chi connectivity index (χ4v) is 2.65. The van der Waals surface area contributed by atoms with E-state index in [1.807, 2.05) is 54.6 Å². The number of para-hydroxylation sites is 1. The molecule has 2 aromatic rings. The molecule has 0 aliphatic rings. The fourth-order valence-electron chi connectivity index (χ4n) is 2.65. The molecule has 2 rings (SSSR count). The molecule has 0 aliphatic heterocycles. The number of unbranched alkanes of at least 4 members (excludes halogenated alkanes) is 2. The molecule has 0 aliphatic carbocycles. The van der Waals surface area contributed by atoms with Crippen LogP contribution in [0.4, 0.5) is 0 Å². The van der Waals surface area contributed by atoms with Crippen molar-refractivity contribution in [2.75, 3.05) is 0 Å². The molecule has 122 valence electrons. The summed E-state index contributed by atoms with van der Waals surface area (Å²) in [6, 6.07) is 17.4. The number of benzene rings is 2. The summed E-state index contributed by atoms with van der Waals surface area (Å²) in [6.07, 6.45) is 3.70. The normalized spacial score (nSPS) is 11.9. The van der Waals surface area contributed by atoms with Crippen LogP contribution in [0.25, 0.3) is 0 Å². The summed E-state index contributed by atoms with van der Waals surface area (Å²) >= 11 is 0. The lowest BCUT2D eigenvalue weighted by Gasteiger charge is -2.17. The maximum absolute atomic E-state index is 11.7. The second-order valence-corrected chi connectivity index (χ2v) is 5.70. The maximum Gasteiger partial charge on any atom is 0.311 e. The van der Waals surface area contributed by atoms with Gasteiger partial charge in [-0.25, -0.2) is 0 Å². The van der Waals surface area contributed by atoms with Crippen LogP contribution in [0.15, 0.2) is 54.6 Å². The van der Waals surface area contributed by atoms with Crippen LogP contribution in [-0.4, -0.2) is 11.1 Å². The van der Waals surface area contributed by atoms with Crippen LogP contribution >= 0.6 is 0 Å². The van der Waals surface area contributed by atoms with Gasteiger partial charge in [0.2, 0.25) is 0 Å². The molecule has 1 unspecified atom stereocenters. The van der Waals surface area contributed by atoms with E-state index < -0.39 is 11.9 Å². The summed E-state index contributed by atoms with van der Waals surface area (Å²) < 4.78 is 5.90. The lowest BCUT2D eigenvalue weighted by Crippen LogP contribution is -2.13. The Morgan fingerprint density at radius 1 is 1.04 bits per heavy atom. The molecule has 0 bridgehead atoms. The number of carbonyl (C=O) groups is 1. The van der Waals surface area contributed by atoms with Gasteiger partial charge in [0.05, 0.1) is 5.92 Å². The number of ether oxygens (including phenoxy) is 1. The van der Waals surface area contributed by atoms with E-state index in [4.69, 9.17) is 4.74 Å². The van der Waals surface area contributed by atoms with E-state index in [0.717, 1.165) is 30.4 Å². The Labute approximate surface area is 137 Å². The first-order valence-electron chi connectivity index (χ1n) is 8.20. The quantitative estimate of drug-likeness (QED) is 0.662. The molecule has 0 saturated heterocycles. The molecule has 0 saturated carbocycles. The molecule has 1 atom stereocenters. The lowest BCUT2D eigenvalue weighted by atomic mass is 9.92. The molecule has 23 heavy (non-hydrogen) atoms. The standard InChI is InChI=1S/C20H24O3/c1-2-3-5-13-18(20(21)22)17-12-8-9-14-19(17)23-15-16-10-6-4-7-11-16/h4,6-12,14,18H,2-3,5,13,15H2,1H3,(H,21,22). The summed E-state index contributed by atoms with van der Waals surface area (Å²) in [4.78, 5) is 11.7. The predicted octanol–water partition coefficient (Wildman–Crippen LogP) is 5.01. The van der Waals surface area contributed by atoms with Crippen LogP contribution in [-0.2, 0) is 11.4 Å². The highest BCUT2D eigenvalue weighted by Crippen LogP contribution is 2.31. The molecular weight excluding hydrogens is 288 g/mol. The van der Waals surface area contributed by atoms with Gasteiger partial charge in [-0.2, -0.15) is 0 Å². The van der Waals surface area contributed by atoms with E-state index in [2.05, 4.69) is 6.92 Å². The van der Waals surface area contributed by atoms with Gasteiger partial charge in [-0.3, -0.25) is 4.79 Å². The molecule has 0 fully saturated rings. The summed E-state index contributed by atoms with van der Waals surface area (Å²) in [7, 11) is 0. The zero-order valence-electron chi connectivity index (χ0n) is 13.6. The van der Waals surface area contributed by atoms with E-state index in [1.54, 1.807) is 0 Å². The number of carboxylic acids is 1. The second-order valence-electron chi connectivity index (χ2n) is 5.70. The van der Waals surface area contributed by atoms with Gasteiger partial charge in [-0.15, -0.1) is 0 Å². The van der Waals surface area contributed by atoms with Crippen molar-refractivity contribution in [2.45, 2.75) is 45.1 Å². The minimum Gasteiger partial charge on any atom is -0.489 e. The van der Waals surface area contributed by atoms with Crippen molar-refractivity contribution in [2.24, 2.45) is 0 Å². The lowest BCUT2D eigenvalue weighted by molar-refractivity contribution is -0.139. The van der Waals surface area contributed by atoms with Crippen LogP contribution in [0.1, 0.15) is 49.7 Å². The Balaban J connectivity index is 2.12. The molecular formula is C20H24O3. The van der Waals surface area contributed by atoms with Gasteiger partial charge in [-0.05, 0) is 18.1 Å². The van der Waals surface area contributed by atoms with E-state index in [-0.39, 0.29) is 0 Å². The third-order valence-corrected chi connectivity index (χ3v) is 3.93. The average molecular weight is 312 g/mol. The summed E-state index contributed by atoms with van der Waals surface area (Å²) in [5, 5.41) is 9.58. The first-order chi connectivity index (χ1) is 11.2. The average Bonchev–Trinajstić information content (AvgIpc) is 2.58. The molecule has 3 heteroatoms. The highest BCUT2D eigenvalue weighted by Gasteiger charge is 2.22. The molecule has 0 amide bonds. The summed E-state index contributed by atoms with van der Waals surface area (Å²) in [5.41, 5.74) is 1.84. The van der Waals surface area contributed by atoms with E-state index >= 15 is 0 Å². The fraction of sp³-hybridized carbons (Fsp3) is 0.350. The third kappa shape index (κ3) is 5.13. The highest BCUT2D eigenvalue weighted by molar-refractivity contribution is 5.77. The summed E-state index contributed by atoms with van der Waals surface area (Å²) in [5.74, 6) is -0.620. The van der Waals surface area contributed by atoms with Crippen LogP contribution in [0.2, 0.25) is 0 Å². The van der Waals surface area contributed by atoms with Gasteiger partial charge in [0.1, 0.15) is 12.4 Å². The molecule has 0 heterocycles. The number of aliphatic carboxylic acids is 1. The van der Waals surface area contributed by atoms with Crippen LogP contribution in [0, 0.1) is 0 Å². The van der Waals surface area contributed by atoms with E-state index in [1.165, 1.54) is 0 Å². The molecule has 2 aromatic carbocycles. The highest BCUT2D eigenvalue weighted by atomic mass is 16.5. The minimum absolute atomic E-state index is 0.444. The Bertz CT molecular complexity index is 607. The number of rotatable bonds is 9. The monoisotopic (exact) mass is 312 g/mol. The topological polar surface area (TPSA) is 46.5 Å². The first-order valence-corrected chi connectivity index (χ1v) is 8.20. The molecule has 3 nitrogen and oxygen atoms in total. The molecule has 0 radical (unpaired) electrons. The van der Waals surface area contributed by atoms with Crippen molar-refractivity contribution in [1.29, 1.82) is 0 Å². The van der Waals surface area contributed by atoms with E-state index in [0.29, 0.717) is 18.8 Å². The van der Waals surface area contributed by atoms with Crippen molar-refractivity contribution in [1.82, 2.24) is 0 Å². The van der Waals surface area contributed by atoms with Gasteiger partial charge in [0.25, 0.3) is 0 Å². The number of hydrogen-bond donors (Lipinski definition) is 1. The van der Waals surface area contributed by atoms with Crippen LogP contribution < -0.4 is 4.74 Å². The Kier molecular flexibility index (Phi) is 6.67. The number of hydrogen-bond acceptors (Lipinski definition) is 2. The second kappa shape index (κ2) is 8.99. The summed E-state index contributed by atoms with van der Waals surface area (Å²) in [6.45, 7) is 2.56. The predicted molar refractivity (Wildman–Crippen MR) is 91.7 cm³/mol. The first kappa shape index (κ1) is 17.1. The van der Waals surface area contributed by atoms with Crippen molar-refractivity contribution in [3.05, 3.63) is 65.7 Å². The van der Waals surface area contributed by atoms with Crippen molar-refractivity contribution < 1.29 is 14.6 Å². The van der Waals surface area contributed by atoms with Gasteiger partial charge < -0.3 is 9.84 Å². The largest absolute Gasteiger partial charge is 0.489 e. The van der Waals surface area contributed by atoms with Gasteiger partial charge >= 0.3 is 5.97 Å². The smallest absolute Gasteiger partial charge is 0.311 e. The van der Waals surface area contributed by atoms with E-state index in [9.17, 15) is 9.90 Å².